The molecule has 6 nitrogen and oxygen atoms in total. The summed E-state index contributed by atoms with van der Waals surface area (Å²) in [5.74, 6) is -0.542. The summed E-state index contributed by atoms with van der Waals surface area (Å²) in [6.07, 6.45) is 2.62. The largest absolute Gasteiger partial charge is 0.465 e. The number of carbonyl (C=O) groups is 2. The third-order valence-electron chi connectivity index (χ3n) is 2.78. The van der Waals surface area contributed by atoms with Gasteiger partial charge in [-0.3, -0.25) is 10.3 Å². The highest BCUT2D eigenvalue weighted by Crippen LogP contribution is 2.35. The van der Waals surface area contributed by atoms with Gasteiger partial charge in [0.05, 0.1) is 17.5 Å². The number of thiophene rings is 1. The number of aromatic nitrogens is 1. The molecule has 2 heterocycles. The normalized spacial score (nSPS) is 11.1. The van der Waals surface area contributed by atoms with Gasteiger partial charge in [-0.2, -0.15) is 0 Å². The fourth-order valence-electron chi connectivity index (χ4n) is 1.86. The summed E-state index contributed by atoms with van der Waals surface area (Å²) >= 11 is 1.19. The number of esters is 1. The number of anilines is 1. The van der Waals surface area contributed by atoms with Gasteiger partial charge >= 0.3 is 12.1 Å². The van der Waals surface area contributed by atoms with E-state index in [4.69, 9.17) is 9.47 Å². The summed E-state index contributed by atoms with van der Waals surface area (Å²) in [6, 6.07) is 1.84. The fourth-order valence-corrected chi connectivity index (χ4v) is 2.95. The number of hydrogen-bond acceptors (Lipinski definition) is 6. The number of pyridine rings is 1. The minimum absolute atomic E-state index is 0.266. The van der Waals surface area contributed by atoms with Crippen LogP contribution in [0.4, 0.5) is 10.5 Å². The summed E-state index contributed by atoms with van der Waals surface area (Å²) < 4.78 is 10.8. The van der Waals surface area contributed by atoms with Crippen LogP contribution in [0.3, 0.4) is 0 Å². The maximum absolute atomic E-state index is 12.0. The maximum atomic E-state index is 12.0. The van der Waals surface area contributed by atoms with Crippen LogP contribution in [0, 0.1) is 0 Å². The molecule has 2 aromatic rings. The first kappa shape index (κ1) is 17.0. The van der Waals surface area contributed by atoms with Crippen LogP contribution in [0.25, 0.3) is 16.3 Å². The number of nitrogens with one attached hydrogen (secondary N) is 1. The van der Waals surface area contributed by atoms with Crippen LogP contribution in [0.2, 0.25) is 0 Å². The van der Waals surface area contributed by atoms with Crippen LogP contribution < -0.4 is 5.32 Å². The molecule has 122 valence electrons. The Balaban J connectivity index is 2.48. The number of amides is 1. The Morgan fingerprint density at radius 3 is 2.65 bits per heavy atom. The van der Waals surface area contributed by atoms with Gasteiger partial charge in [0.1, 0.15) is 16.0 Å². The molecule has 0 bridgehead atoms. The zero-order valence-corrected chi connectivity index (χ0v) is 14.2. The van der Waals surface area contributed by atoms with Crippen LogP contribution >= 0.6 is 11.3 Å². The standard InChI is InChI=1S/C16H18N2O4S/c1-6-9-7-10-11(17-8-9)12(13(23-10)14(19)21-5)18-15(20)22-16(2,3)4/h6-8H,1H2,2-5H3,(H,18,20). The maximum Gasteiger partial charge on any atom is 0.412 e. The van der Waals surface area contributed by atoms with E-state index >= 15 is 0 Å². The number of fused-ring (bicyclic) bond motifs is 1. The van der Waals surface area contributed by atoms with Crippen molar-refractivity contribution in [1.29, 1.82) is 0 Å². The summed E-state index contributed by atoms with van der Waals surface area (Å²) in [4.78, 5) is 28.6. The molecule has 0 aromatic carbocycles. The fraction of sp³-hybridized carbons (Fsp3) is 0.312. The number of methoxy groups -OCH3 is 1. The molecule has 0 saturated heterocycles. The van der Waals surface area contributed by atoms with E-state index in [0.717, 1.165) is 10.3 Å². The average Bonchev–Trinajstić information content (AvgIpc) is 2.82. The molecule has 0 radical (unpaired) electrons. The van der Waals surface area contributed by atoms with Crippen molar-refractivity contribution in [3.05, 3.63) is 29.3 Å². The third-order valence-corrected chi connectivity index (χ3v) is 3.89. The second-order valence-corrected chi connectivity index (χ2v) is 6.80. The number of ether oxygens (including phenoxy) is 2. The summed E-state index contributed by atoms with van der Waals surface area (Å²) in [5, 5.41) is 2.60. The second kappa shape index (κ2) is 6.37. The lowest BCUT2D eigenvalue weighted by atomic mass is 10.2. The van der Waals surface area contributed by atoms with Crippen LogP contribution in [-0.4, -0.2) is 29.8 Å². The Hall–Kier alpha value is -2.41. The predicted molar refractivity (Wildman–Crippen MR) is 90.9 cm³/mol. The highest BCUT2D eigenvalue weighted by atomic mass is 32.1. The van der Waals surface area contributed by atoms with Crippen molar-refractivity contribution >= 4 is 45.4 Å². The molecule has 1 N–H and O–H groups in total. The van der Waals surface area contributed by atoms with E-state index in [2.05, 4.69) is 16.9 Å². The van der Waals surface area contributed by atoms with Crippen LogP contribution in [-0.2, 0) is 9.47 Å². The molecule has 0 aliphatic rings. The molecule has 0 aliphatic heterocycles. The molecule has 0 aliphatic carbocycles. The van der Waals surface area contributed by atoms with E-state index in [1.54, 1.807) is 33.0 Å². The van der Waals surface area contributed by atoms with Crippen molar-refractivity contribution < 1.29 is 19.1 Å². The van der Waals surface area contributed by atoms with E-state index < -0.39 is 17.7 Å². The van der Waals surface area contributed by atoms with Gasteiger partial charge in [-0.25, -0.2) is 9.59 Å². The van der Waals surface area contributed by atoms with E-state index in [0.29, 0.717) is 11.2 Å². The minimum Gasteiger partial charge on any atom is -0.465 e. The quantitative estimate of drug-likeness (QED) is 0.856. The molecular formula is C16H18N2O4S. The Morgan fingerprint density at radius 2 is 2.09 bits per heavy atom. The number of rotatable bonds is 3. The lowest BCUT2D eigenvalue weighted by Crippen LogP contribution is -2.27. The van der Waals surface area contributed by atoms with E-state index in [-0.39, 0.29) is 4.88 Å². The molecular weight excluding hydrogens is 316 g/mol. The molecule has 0 unspecified atom stereocenters. The SMILES string of the molecule is C=Cc1cnc2c(NC(=O)OC(C)(C)C)c(C(=O)OC)sc2c1. The first-order chi connectivity index (χ1) is 10.7. The summed E-state index contributed by atoms with van der Waals surface area (Å²) in [7, 11) is 1.28. The molecule has 0 spiro atoms. The lowest BCUT2D eigenvalue weighted by Gasteiger charge is -2.19. The van der Waals surface area contributed by atoms with Gasteiger partial charge in [0.25, 0.3) is 0 Å². The van der Waals surface area contributed by atoms with Gasteiger partial charge in [0.15, 0.2) is 0 Å². The monoisotopic (exact) mass is 334 g/mol. The van der Waals surface area contributed by atoms with Crippen molar-refractivity contribution in [1.82, 2.24) is 4.98 Å². The molecule has 23 heavy (non-hydrogen) atoms. The van der Waals surface area contributed by atoms with Crippen LogP contribution in [0.15, 0.2) is 18.8 Å². The molecule has 0 fully saturated rings. The van der Waals surface area contributed by atoms with Gasteiger partial charge in [0.2, 0.25) is 0 Å². The number of carbonyl (C=O) groups excluding carboxylic acids is 2. The molecule has 7 heteroatoms. The van der Waals surface area contributed by atoms with Crippen molar-refractivity contribution in [3.8, 4) is 0 Å². The zero-order chi connectivity index (χ0) is 17.2. The Kier molecular flexibility index (Phi) is 4.70. The smallest absolute Gasteiger partial charge is 0.412 e. The van der Waals surface area contributed by atoms with Gasteiger partial charge in [-0.05, 0) is 32.4 Å². The Labute approximate surface area is 138 Å². The minimum atomic E-state index is -0.656. The Morgan fingerprint density at radius 1 is 1.39 bits per heavy atom. The molecule has 2 aromatic heterocycles. The molecule has 1 amide bonds. The average molecular weight is 334 g/mol. The first-order valence-corrected chi connectivity index (χ1v) is 7.70. The molecule has 0 atom stereocenters. The van der Waals surface area contributed by atoms with E-state index in [1.165, 1.54) is 18.4 Å². The van der Waals surface area contributed by atoms with E-state index in [1.807, 2.05) is 6.07 Å². The third kappa shape index (κ3) is 3.87. The zero-order valence-electron chi connectivity index (χ0n) is 13.4. The Bertz CT molecular complexity index is 774. The van der Waals surface area contributed by atoms with Gasteiger partial charge in [-0.15, -0.1) is 11.3 Å². The topological polar surface area (TPSA) is 77.5 Å². The summed E-state index contributed by atoms with van der Waals surface area (Å²) in [6.45, 7) is 8.96. The highest BCUT2D eigenvalue weighted by Gasteiger charge is 2.24. The lowest BCUT2D eigenvalue weighted by molar-refractivity contribution is 0.0607. The summed E-state index contributed by atoms with van der Waals surface area (Å²) in [5.41, 5.74) is 0.970. The van der Waals surface area contributed by atoms with Crippen molar-refractivity contribution in [3.63, 3.8) is 0 Å². The second-order valence-electron chi connectivity index (χ2n) is 5.74. The van der Waals surface area contributed by atoms with E-state index in [9.17, 15) is 9.59 Å². The van der Waals surface area contributed by atoms with Crippen molar-refractivity contribution in [2.24, 2.45) is 0 Å². The highest BCUT2D eigenvalue weighted by molar-refractivity contribution is 7.21. The van der Waals surface area contributed by atoms with Gasteiger partial charge in [0, 0.05) is 6.20 Å². The van der Waals surface area contributed by atoms with Crippen LogP contribution in [0.1, 0.15) is 36.0 Å². The van der Waals surface area contributed by atoms with Crippen LogP contribution in [0.5, 0.6) is 0 Å². The molecule has 0 saturated carbocycles. The number of nitrogens with zero attached hydrogens (tertiary/aromatic N) is 1. The molecule has 2 rings (SSSR count). The number of hydrogen-bond donors (Lipinski definition) is 1. The van der Waals surface area contributed by atoms with Gasteiger partial charge < -0.3 is 9.47 Å². The van der Waals surface area contributed by atoms with Gasteiger partial charge in [-0.1, -0.05) is 12.7 Å². The van der Waals surface area contributed by atoms with Crippen molar-refractivity contribution in [2.45, 2.75) is 26.4 Å². The van der Waals surface area contributed by atoms with Crippen molar-refractivity contribution in [2.75, 3.05) is 12.4 Å². The first-order valence-electron chi connectivity index (χ1n) is 6.88. The predicted octanol–water partition coefficient (Wildman–Crippen LogP) is 4.07.